The molecule has 0 saturated carbocycles. The monoisotopic (exact) mass is 379 g/mol. The number of likely N-dealkylation sites (tertiary alicyclic amines) is 1. The maximum Gasteiger partial charge on any atom is 0.273 e. The fourth-order valence-corrected chi connectivity index (χ4v) is 4.09. The Morgan fingerprint density at radius 2 is 1.92 bits per heavy atom. The van der Waals surface area contributed by atoms with Crippen LogP contribution in [0.25, 0.3) is 0 Å². The zero-order valence-electron chi connectivity index (χ0n) is 16.2. The molecule has 0 radical (unpaired) electrons. The van der Waals surface area contributed by atoms with Crippen molar-refractivity contribution >= 4 is 23.3 Å². The molecule has 0 bridgehead atoms. The Bertz CT molecular complexity index is 645. The molecular formula is C19H29N3O3S. The highest BCUT2D eigenvalue weighted by atomic mass is 32.1. The van der Waals surface area contributed by atoms with Gasteiger partial charge in [0.05, 0.1) is 18.8 Å². The summed E-state index contributed by atoms with van der Waals surface area (Å²) in [6, 6.07) is 1.77. The lowest BCUT2D eigenvalue weighted by molar-refractivity contribution is -0.152. The first-order valence-corrected chi connectivity index (χ1v) is 10.2. The largest absolute Gasteiger partial charge is 0.371 e. The fourth-order valence-electron chi connectivity index (χ4n) is 3.58. The summed E-state index contributed by atoms with van der Waals surface area (Å²) in [5, 5.41) is 1.82. The minimum Gasteiger partial charge on any atom is -0.371 e. The van der Waals surface area contributed by atoms with Crippen LogP contribution in [-0.4, -0.2) is 64.4 Å². The smallest absolute Gasteiger partial charge is 0.273 e. The third kappa shape index (κ3) is 3.93. The Kier molecular flexibility index (Phi) is 5.40. The summed E-state index contributed by atoms with van der Waals surface area (Å²) in [4.78, 5) is 29.2. The van der Waals surface area contributed by atoms with E-state index in [2.05, 4.69) is 25.1 Å². The predicted molar refractivity (Wildman–Crippen MR) is 101 cm³/mol. The van der Waals surface area contributed by atoms with Gasteiger partial charge >= 0.3 is 0 Å². The number of nitrogens with zero attached hydrogens (tertiary/aromatic N) is 3. The Morgan fingerprint density at radius 1 is 1.23 bits per heavy atom. The maximum absolute atomic E-state index is 12.8. The van der Waals surface area contributed by atoms with Gasteiger partial charge in [-0.05, 0) is 35.9 Å². The van der Waals surface area contributed by atoms with Crippen LogP contribution >= 0.6 is 11.5 Å². The van der Waals surface area contributed by atoms with Crippen molar-refractivity contribution in [2.45, 2.75) is 46.1 Å². The molecule has 3 rings (SSSR count). The van der Waals surface area contributed by atoms with Gasteiger partial charge in [0.15, 0.2) is 0 Å². The molecule has 2 saturated heterocycles. The molecule has 2 aliphatic rings. The molecule has 3 heterocycles. The third-order valence-corrected chi connectivity index (χ3v) is 6.41. The molecule has 1 aromatic rings. The van der Waals surface area contributed by atoms with Crippen LogP contribution < -0.4 is 0 Å². The van der Waals surface area contributed by atoms with E-state index in [4.69, 9.17) is 4.74 Å². The lowest BCUT2D eigenvalue weighted by atomic mass is 9.80. The molecule has 0 N–H and O–H groups in total. The van der Waals surface area contributed by atoms with E-state index in [0.717, 1.165) is 12.8 Å². The van der Waals surface area contributed by atoms with Crippen molar-refractivity contribution in [3.05, 3.63) is 17.1 Å². The average Bonchev–Trinajstić information content (AvgIpc) is 3.14. The van der Waals surface area contributed by atoms with Crippen molar-refractivity contribution in [3.63, 3.8) is 0 Å². The molecule has 2 fully saturated rings. The van der Waals surface area contributed by atoms with E-state index in [9.17, 15) is 9.59 Å². The SMILES string of the molecule is CC(C(=O)N1CCC2(CC1)CN(C(=O)c1ccsn1)CCO2)C(C)(C)C. The number of hydrogen-bond acceptors (Lipinski definition) is 5. The normalized spacial score (nSPS) is 21.7. The van der Waals surface area contributed by atoms with Crippen molar-refractivity contribution in [2.75, 3.05) is 32.8 Å². The van der Waals surface area contributed by atoms with Gasteiger partial charge in [0, 0.05) is 30.9 Å². The molecule has 1 atom stereocenters. The van der Waals surface area contributed by atoms with Gasteiger partial charge in [-0.1, -0.05) is 27.7 Å². The van der Waals surface area contributed by atoms with Crippen molar-refractivity contribution in [1.82, 2.24) is 14.2 Å². The second-order valence-electron chi connectivity index (χ2n) is 8.56. The van der Waals surface area contributed by atoms with Gasteiger partial charge in [-0.2, -0.15) is 4.37 Å². The number of aromatic nitrogens is 1. The highest BCUT2D eigenvalue weighted by molar-refractivity contribution is 7.03. The Labute approximate surface area is 159 Å². The highest BCUT2D eigenvalue weighted by Crippen LogP contribution is 2.33. The summed E-state index contributed by atoms with van der Waals surface area (Å²) in [7, 11) is 0. The van der Waals surface area contributed by atoms with Crippen LogP contribution in [0.1, 0.15) is 51.0 Å². The van der Waals surface area contributed by atoms with Crippen molar-refractivity contribution < 1.29 is 14.3 Å². The number of hydrogen-bond donors (Lipinski definition) is 0. The van der Waals surface area contributed by atoms with Crippen LogP contribution in [0.4, 0.5) is 0 Å². The van der Waals surface area contributed by atoms with Crippen LogP contribution in [0.3, 0.4) is 0 Å². The average molecular weight is 380 g/mol. The second kappa shape index (κ2) is 7.27. The summed E-state index contributed by atoms with van der Waals surface area (Å²) in [6.45, 7) is 11.4. The van der Waals surface area contributed by atoms with E-state index in [1.165, 1.54) is 11.5 Å². The molecule has 1 aromatic heterocycles. The summed E-state index contributed by atoms with van der Waals surface area (Å²) in [5.74, 6) is 0.193. The van der Waals surface area contributed by atoms with Gasteiger partial charge in [-0.3, -0.25) is 9.59 Å². The molecule has 1 spiro atoms. The van der Waals surface area contributed by atoms with Crippen LogP contribution in [0.15, 0.2) is 11.4 Å². The Hall–Kier alpha value is -1.47. The van der Waals surface area contributed by atoms with Gasteiger partial charge in [-0.25, -0.2) is 0 Å². The van der Waals surface area contributed by atoms with Crippen LogP contribution in [0.5, 0.6) is 0 Å². The summed E-state index contributed by atoms with van der Waals surface area (Å²) < 4.78 is 10.3. The van der Waals surface area contributed by atoms with Crippen molar-refractivity contribution in [2.24, 2.45) is 11.3 Å². The minimum atomic E-state index is -0.328. The maximum atomic E-state index is 12.8. The quantitative estimate of drug-likeness (QED) is 0.793. The van der Waals surface area contributed by atoms with Crippen LogP contribution in [0.2, 0.25) is 0 Å². The lowest BCUT2D eigenvalue weighted by Crippen LogP contribution is -2.59. The molecule has 144 valence electrons. The van der Waals surface area contributed by atoms with Gasteiger partial charge in [0.1, 0.15) is 5.69 Å². The first-order valence-electron chi connectivity index (χ1n) is 9.34. The summed E-state index contributed by atoms with van der Waals surface area (Å²) in [5.41, 5.74) is 0.148. The number of carbonyl (C=O) groups excluding carboxylic acids is 2. The summed E-state index contributed by atoms with van der Waals surface area (Å²) >= 11 is 1.29. The standard InChI is InChI=1S/C19H29N3O3S/c1-14(18(2,3)4)16(23)21-8-6-19(7-9-21)13-22(10-11-25-19)17(24)15-5-12-26-20-15/h5,12,14H,6-11,13H2,1-4H3. The minimum absolute atomic E-state index is 0.00781. The van der Waals surface area contributed by atoms with Crippen LogP contribution in [0, 0.1) is 11.3 Å². The van der Waals surface area contributed by atoms with E-state index in [0.29, 0.717) is 38.5 Å². The van der Waals surface area contributed by atoms with Crippen LogP contribution in [-0.2, 0) is 9.53 Å². The second-order valence-corrected chi connectivity index (χ2v) is 9.22. The molecular weight excluding hydrogens is 350 g/mol. The van der Waals surface area contributed by atoms with E-state index in [-0.39, 0.29) is 28.7 Å². The number of carbonyl (C=O) groups is 2. The first kappa shape index (κ1) is 19.3. The topological polar surface area (TPSA) is 62.7 Å². The number of rotatable bonds is 2. The molecule has 0 aromatic carbocycles. The fraction of sp³-hybridized carbons (Fsp3) is 0.737. The van der Waals surface area contributed by atoms with E-state index < -0.39 is 0 Å². The number of ether oxygens (including phenoxy) is 1. The Balaban J connectivity index is 1.61. The van der Waals surface area contributed by atoms with Gasteiger partial charge < -0.3 is 14.5 Å². The van der Waals surface area contributed by atoms with E-state index >= 15 is 0 Å². The molecule has 26 heavy (non-hydrogen) atoms. The number of morpholine rings is 1. The van der Waals surface area contributed by atoms with Crippen molar-refractivity contribution in [1.29, 1.82) is 0 Å². The third-order valence-electron chi connectivity index (χ3n) is 5.85. The van der Waals surface area contributed by atoms with Gasteiger partial charge in [0.2, 0.25) is 5.91 Å². The molecule has 2 amide bonds. The predicted octanol–water partition coefficient (Wildman–Crippen LogP) is 2.66. The lowest BCUT2D eigenvalue weighted by Gasteiger charge is -2.47. The Morgan fingerprint density at radius 3 is 2.50 bits per heavy atom. The molecule has 6 nitrogen and oxygen atoms in total. The number of piperidine rings is 1. The molecule has 2 aliphatic heterocycles. The molecule has 0 aliphatic carbocycles. The zero-order valence-corrected chi connectivity index (χ0v) is 17.0. The van der Waals surface area contributed by atoms with E-state index in [1.54, 1.807) is 6.07 Å². The van der Waals surface area contributed by atoms with Gasteiger partial charge in [0.25, 0.3) is 5.91 Å². The van der Waals surface area contributed by atoms with Gasteiger partial charge in [-0.15, -0.1) is 0 Å². The zero-order chi connectivity index (χ0) is 18.9. The molecule has 1 unspecified atom stereocenters. The number of amides is 2. The summed E-state index contributed by atoms with van der Waals surface area (Å²) in [6.07, 6.45) is 1.55. The van der Waals surface area contributed by atoms with Crippen molar-refractivity contribution in [3.8, 4) is 0 Å². The van der Waals surface area contributed by atoms with E-state index in [1.807, 2.05) is 22.1 Å². The molecule has 7 heteroatoms. The first-order chi connectivity index (χ1) is 12.2. The highest BCUT2D eigenvalue weighted by Gasteiger charge is 2.43.